The summed E-state index contributed by atoms with van der Waals surface area (Å²) in [5.41, 5.74) is 4.26. The van der Waals surface area contributed by atoms with E-state index >= 15 is 0 Å². The van der Waals surface area contributed by atoms with Crippen LogP contribution < -0.4 is 10.6 Å². The number of rotatable bonds is 4. The van der Waals surface area contributed by atoms with E-state index in [0.717, 1.165) is 54.5 Å². The zero-order valence-corrected chi connectivity index (χ0v) is 15.7. The first-order valence-electron chi connectivity index (χ1n) is 8.94. The quantitative estimate of drug-likeness (QED) is 0.712. The van der Waals surface area contributed by atoms with Crippen molar-refractivity contribution in [3.63, 3.8) is 0 Å². The third-order valence-electron chi connectivity index (χ3n) is 4.54. The number of aromatic nitrogens is 2. The molecule has 6 heteroatoms. The molecule has 0 fully saturated rings. The number of hydrogen-bond donors (Lipinski definition) is 2. The van der Waals surface area contributed by atoms with Gasteiger partial charge in [-0.15, -0.1) is 12.4 Å². The first-order chi connectivity index (χ1) is 12.8. The highest BCUT2D eigenvalue weighted by Gasteiger charge is 2.17. The van der Waals surface area contributed by atoms with Crippen molar-refractivity contribution < 1.29 is 4.39 Å². The van der Waals surface area contributed by atoms with Gasteiger partial charge in [0.15, 0.2) is 0 Å². The molecule has 2 heterocycles. The van der Waals surface area contributed by atoms with E-state index in [9.17, 15) is 4.39 Å². The molecule has 0 atom stereocenters. The number of nitrogens with one attached hydrogen (secondary N) is 2. The lowest BCUT2D eigenvalue weighted by Crippen LogP contribution is -2.16. The maximum absolute atomic E-state index is 13.2. The van der Waals surface area contributed by atoms with Gasteiger partial charge in [0, 0.05) is 30.6 Å². The van der Waals surface area contributed by atoms with Crippen molar-refractivity contribution in [2.24, 2.45) is 0 Å². The number of anilines is 2. The van der Waals surface area contributed by atoms with Crippen molar-refractivity contribution in [1.82, 2.24) is 15.3 Å². The molecule has 1 aromatic heterocycles. The molecule has 0 saturated heterocycles. The zero-order chi connectivity index (χ0) is 17.8. The second-order valence-corrected chi connectivity index (χ2v) is 6.46. The Morgan fingerprint density at radius 2 is 1.67 bits per heavy atom. The Morgan fingerprint density at radius 3 is 2.44 bits per heavy atom. The molecule has 140 valence electrons. The van der Waals surface area contributed by atoms with Gasteiger partial charge in [0.1, 0.15) is 17.5 Å². The summed E-state index contributed by atoms with van der Waals surface area (Å²) in [5, 5.41) is 6.78. The summed E-state index contributed by atoms with van der Waals surface area (Å²) in [5.74, 6) is 1.39. The standard InChI is InChI=1S/C21H21FN4.ClH/c22-16-6-8-17(9-7-16)24-21-18-10-12-23-13-11-19(18)25-20(26-21)14-15-4-2-1-3-5-15;/h1-9,23H,10-14H2,(H,24,25,26);1H. The Bertz CT molecular complexity index is 885. The smallest absolute Gasteiger partial charge is 0.137 e. The number of hydrogen-bond acceptors (Lipinski definition) is 4. The molecule has 0 saturated carbocycles. The van der Waals surface area contributed by atoms with Crippen molar-refractivity contribution in [2.75, 3.05) is 18.4 Å². The summed E-state index contributed by atoms with van der Waals surface area (Å²) in [7, 11) is 0. The predicted octanol–water partition coefficient (Wildman–Crippen LogP) is 4.06. The maximum Gasteiger partial charge on any atom is 0.137 e. The van der Waals surface area contributed by atoms with Crippen molar-refractivity contribution in [3.05, 3.63) is 83.1 Å². The van der Waals surface area contributed by atoms with Crippen LogP contribution in [0.4, 0.5) is 15.9 Å². The Morgan fingerprint density at radius 1 is 0.926 bits per heavy atom. The molecular formula is C21H22ClFN4. The fraction of sp³-hybridized carbons (Fsp3) is 0.238. The van der Waals surface area contributed by atoms with E-state index in [1.54, 1.807) is 12.1 Å². The van der Waals surface area contributed by atoms with Crippen LogP contribution in [0.25, 0.3) is 0 Å². The predicted molar refractivity (Wildman–Crippen MR) is 108 cm³/mol. The van der Waals surface area contributed by atoms with Crippen LogP contribution in [0.1, 0.15) is 22.6 Å². The van der Waals surface area contributed by atoms with Crippen LogP contribution in [-0.2, 0) is 19.3 Å². The minimum atomic E-state index is -0.244. The summed E-state index contributed by atoms with van der Waals surface area (Å²) in [6, 6.07) is 16.6. The van der Waals surface area contributed by atoms with E-state index in [1.165, 1.54) is 17.7 Å². The van der Waals surface area contributed by atoms with Crippen LogP contribution in [0.5, 0.6) is 0 Å². The SMILES string of the molecule is Cl.Fc1ccc(Nc2nc(Cc3ccccc3)nc3c2CCNCC3)cc1. The molecule has 4 nitrogen and oxygen atoms in total. The third-order valence-corrected chi connectivity index (χ3v) is 4.54. The number of nitrogens with zero attached hydrogens (tertiary/aromatic N) is 2. The molecule has 0 unspecified atom stereocenters. The summed E-state index contributed by atoms with van der Waals surface area (Å²) >= 11 is 0. The molecule has 2 N–H and O–H groups in total. The summed E-state index contributed by atoms with van der Waals surface area (Å²) in [6.45, 7) is 1.83. The second-order valence-electron chi connectivity index (χ2n) is 6.46. The van der Waals surface area contributed by atoms with E-state index in [1.807, 2.05) is 18.2 Å². The highest BCUT2D eigenvalue weighted by atomic mass is 35.5. The first-order valence-corrected chi connectivity index (χ1v) is 8.94. The Labute approximate surface area is 164 Å². The zero-order valence-electron chi connectivity index (χ0n) is 14.9. The molecule has 27 heavy (non-hydrogen) atoms. The molecule has 4 rings (SSSR count). The summed E-state index contributed by atoms with van der Waals surface area (Å²) in [4.78, 5) is 9.63. The van der Waals surface area contributed by atoms with Crippen LogP contribution in [-0.4, -0.2) is 23.1 Å². The third kappa shape index (κ3) is 4.81. The fourth-order valence-electron chi connectivity index (χ4n) is 3.23. The van der Waals surface area contributed by atoms with Gasteiger partial charge in [-0.3, -0.25) is 0 Å². The molecule has 0 amide bonds. The van der Waals surface area contributed by atoms with Crippen LogP contribution >= 0.6 is 12.4 Å². The van der Waals surface area contributed by atoms with Gasteiger partial charge in [0.2, 0.25) is 0 Å². The van der Waals surface area contributed by atoms with Gasteiger partial charge in [0.25, 0.3) is 0 Å². The lowest BCUT2D eigenvalue weighted by Gasteiger charge is -2.15. The van der Waals surface area contributed by atoms with E-state index < -0.39 is 0 Å². The lowest BCUT2D eigenvalue weighted by molar-refractivity contribution is 0.628. The van der Waals surface area contributed by atoms with Crippen LogP contribution in [0.2, 0.25) is 0 Å². The average Bonchev–Trinajstić information content (AvgIpc) is 2.90. The number of halogens is 2. The van der Waals surface area contributed by atoms with Crippen LogP contribution in [0.3, 0.4) is 0 Å². The minimum Gasteiger partial charge on any atom is -0.340 e. The normalized spacial score (nSPS) is 13.2. The molecule has 0 spiro atoms. The van der Waals surface area contributed by atoms with Gasteiger partial charge in [-0.25, -0.2) is 14.4 Å². The summed E-state index contributed by atoms with van der Waals surface area (Å²) in [6.07, 6.45) is 2.46. The molecule has 3 aromatic rings. The average molecular weight is 385 g/mol. The van der Waals surface area contributed by atoms with Gasteiger partial charge >= 0.3 is 0 Å². The largest absolute Gasteiger partial charge is 0.340 e. The van der Waals surface area contributed by atoms with Crippen molar-refractivity contribution in [3.8, 4) is 0 Å². The molecular weight excluding hydrogens is 363 g/mol. The highest BCUT2D eigenvalue weighted by molar-refractivity contribution is 5.85. The highest BCUT2D eigenvalue weighted by Crippen LogP contribution is 2.24. The van der Waals surface area contributed by atoms with Gasteiger partial charge < -0.3 is 10.6 Å². The molecule has 0 bridgehead atoms. The van der Waals surface area contributed by atoms with E-state index in [4.69, 9.17) is 9.97 Å². The van der Waals surface area contributed by atoms with Crippen molar-refractivity contribution in [1.29, 1.82) is 0 Å². The molecule has 0 aliphatic carbocycles. The van der Waals surface area contributed by atoms with Gasteiger partial charge in [-0.05, 0) is 42.8 Å². The van der Waals surface area contributed by atoms with E-state index in [-0.39, 0.29) is 18.2 Å². The van der Waals surface area contributed by atoms with Gasteiger partial charge in [0.05, 0.1) is 5.69 Å². The molecule has 2 aromatic carbocycles. The Hall–Kier alpha value is -2.50. The Kier molecular flexibility index (Phi) is 6.37. The van der Waals surface area contributed by atoms with Crippen molar-refractivity contribution >= 4 is 23.9 Å². The number of fused-ring (bicyclic) bond motifs is 1. The molecule has 1 aliphatic heterocycles. The lowest BCUT2D eigenvalue weighted by atomic mass is 10.1. The van der Waals surface area contributed by atoms with Gasteiger partial charge in [-0.1, -0.05) is 30.3 Å². The van der Waals surface area contributed by atoms with Crippen LogP contribution in [0, 0.1) is 5.82 Å². The maximum atomic E-state index is 13.2. The first kappa shape index (κ1) is 19.3. The van der Waals surface area contributed by atoms with Crippen LogP contribution in [0.15, 0.2) is 54.6 Å². The minimum absolute atomic E-state index is 0. The number of benzene rings is 2. The van der Waals surface area contributed by atoms with E-state index in [0.29, 0.717) is 6.42 Å². The topological polar surface area (TPSA) is 49.8 Å². The fourth-order valence-corrected chi connectivity index (χ4v) is 3.23. The Balaban J connectivity index is 0.00000210. The van der Waals surface area contributed by atoms with Gasteiger partial charge in [-0.2, -0.15) is 0 Å². The molecule has 0 radical (unpaired) electrons. The molecule has 1 aliphatic rings. The second kappa shape index (κ2) is 8.93. The summed E-state index contributed by atoms with van der Waals surface area (Å²) < 4.78 is 13.2. The monoisotopic (exact) mass is 384 g/mol. The van der Waals surface area contributed by atoms with E-state index in [2.05, 4.69) is 22.8 Å². The van der Waals surface area contributed by atoms with Crippen molar-refractivity contribution in [2.45, 2.75) is 19.3 Å².